The Labute approximate surface area is 136 Å². The summed E-state index contributed by atoms with van der Waals surface area (Å²) in [6.07, 6.45) is 2.22. The van der Waals surface area contributed by atoms with Crippen molar-refractivity contribution in [2.75, 3.05) is 6.54 Å². The fourth-order valence-corrected chi connectivity index (χ4v) is 3.50. The van der Waals surface area contributed by atoms with E-state index in [2.05, 4.69) is 13.8 Å². The lowest BCUT2D eigenvalue weighted by Crippen LogP contribution is -2.43. The average molecular weight is 329 g/mol. The maximum atomic E-state index is 12.5. The van der Waals surface area contributed by atoms with Gasteiger partial charge in [-0.15, -0.1) is 0 Å². The molecule has 1 fully saturated rings. The van der Waals surface area contributed by atoms with Crippen molar-refractivity contribution >= 4 is 29.1 Å². The summed E-state index contributed by atoms with van der Waals surface area (Å²) in [5.41, 5.74) is 7.29. The molecule has 1 aromatic carbocycles. The molecule has 0 radical (unpaired) electrons. The van der Waals surface area contributed by atoms with Crippen molar-refractivity contribution in [3.63, 3.8) is 0 Å². The summed E-state index contributed by atoms with van der Waals surface area (Å²) >= 11 is 12.2. The molecular formula is C16H22Cl2N2O. The number of hydrogen-bond acceptors (Lipinski definition) is 2. The van der Waals surface area contributed by atoms with Crippen LogP contribution in [-0.4, -0.2) is 23.4 Å². The molecule has 2 unspecified atom stereocenters. The average Bonchev–Trinajstić information content (AvgIpc) is 2.48. The smallest absolute Gasteiger partial charge is 0.223 e. The van der Waals surface area contributed by atoms with E-state index in [1.165, 1.54) is 0 Å². The number of benzene rings is 1. The van der Waals surface area contributed by atoms with Gasteiger partial charge >= 0.3 is 0 Å². The molecule has 0 spiro atoms. The molecule has 2 atom stereocenters. The summed E-state index contributed by atoms with van der Waals surface area (Å²) in [5.74, 6) is 0.550. The molecule has 1 saturated heterocycles. The molecular weight excluding hydrogens is 307 g/mol. The predicted octanol–water partition coefficient (Wildman–Crippen LogP) is 4.03. The standard InChI is InChI=1S/C16H22Cl2N2O/c1-10(2)9-20-15(21)5-3-4-14(19)16(20)11-6-12(17)8-13(18)7-11/h6-8,10,14,16H,3-5,9,19H2,1-2H3. The van der Waals surface area contributed by atoms with Crippen LogP contribution in [0.4, 0.5) is 0 Å². The number of nitrogens with zero attached hydrogens (tertiary/aromatic N) is 1. The minimum absolute atomic E-state index is 0.0928. The lowest BCUT2D eigenvalue weighted by atomic mass is 9.95. The van der Waals surface area contributed by atoms with Crippen LogP contribution < -0.4 is 5.73 Å². The van der Waals surface area contributed by atoms with Crippen molar-refractivity contribution < 1.29 is 4.79 Å². The number of carbonyl (C=O) groups excluding carboxylic acids is 1. The number of likely N-dealkylation sites (tertiary alicyclic amines) is 1. The van der Waals surface area contributed by atoms with Gasteiger partial charge in [-0.2, -0.15) is 0 Å². The van der Waals surface area contributed by atoms with Crippen LogP contribution in [0.2, 0.25) is 10.0 Å². The molecule has 2 rings (SSSR count). The van der Waals surface area contributed by atoms with Gasteiger partial charge in [0.05, 0.1) is 6.04 Å². The Kier molecular flexibility index (Phi) is 5.53. The molecule has 116 valence electrons. The largest absolute Gasteiger partial charge is 0.334 e. The van der Waals surface area contributed by atoms with Crippen molar-refractivity contribution in [3.8, 4) is 0 Å². The lowest BCUT2D eigenvalue weighted by molar-refractivity contribution is -0.133. The molecule has 1 aliphatic rings. The summed E-state index contributed by atoms with van der Waals surface area (Å²) in [5, 5.41) is 1.15. The molecule has 2 N–H and O–H groups in total. The summed E-state index contributed by atoms with van der Waals surface area (Å²) < 4.78 is 0. The van der Waals surface area contributed by atoms with Crippen molar-refractivity contribution in [1.29, 1.82) is 0 Å². The van der Waals surface area contributed by atoms with E-state index < -0.39 is 0 Å². The molecule has 0 aromatic heterocycles. The van der Waals surface area contributed by atoms with Gasteiger partial charge in [-0.1, -0.05) is 37.0 Å². The Morgan fingerprint density at radius 1 is 1.29 bits per heavy atom. The molecule has 1 amide bonds. The van der Waals surface area contributed by atoms with E-state index in [0.29, 0.717) is 28.9 Å². The van der Waals surface area contributed by atoms with Gasteiger partial charge in [0.1, 0.15) is 0 Å². The first kappa shape index (κ1) is 16.6. The monoisotopic (exact) mass is 328 g/mol. The Morgan fingerprint density at radius 2 is 1.90 bits per heavy atom. The van der Waals surface area contributed by atoms with Crippen molar-refractivity contribution in [2.45, 2.75) is 45.2 Å². The first-order valence-corrected chi connectivity index (χ1v) is 8.15. The van der Waals surface area contributed by atoms with Gasteiger partial charge in [0.15, 0.2) is 0 Å². The Balaban J connectivity index is 2.43. The molecule has 3 nitrogen and oxygen atoms in total. The van der Waals surface area contributed by atoms with Gasteiger partial charge in [0.25, 0.3) is 0 Å². The fourth-order valence-electron chi connectivity index (χ4n) is 2.96. The number of carbonyl (C=O) groups is 1. The van der Waals surface area contributed by atoms with E-state index in [1.807, 2.05) is 17.0 Å². The van der Waals surface area contributed by atoms with E-state index in [-0.39, 0.29) is 18.0 Å². The summed E-state index contributed by atoms with van der Waals surface area (Å²) in [6.45, 7) is 4.90. The number of rotatable bonds is 3. The van der Waals surface area contributed by atoms with E-state index >= 15 is 0 Å². The van der Waals surface area contributed by atoms with E-state index in [9.17, 15) is 4.79 Å². The van der Waals surface area contributed by atoms with Crippen LogP contribution in [0.25, 0.3) is 0 Å². The van der Waals surface area contributed by atoms with Crippen LogP contribution in [0.5, 0.6) is 0 Å². The molecule has 1 heterocycles. The van der Waals surface area contributed by atoms with Gasteiger partial charge in [-0.3, -0.25) is 4.79 Å². The van der Waals surface area contributed by atoms with Crippen LogP contribution in [0.3, 0.4) is 0 Å². The molecule has 1 aromatic rings. The van der Waals surface area contributed by atoms with Crippen LogP contribution >= 0.6 is 23.2 Å². The van der Waals surface area contributed by atoms with Gasteiger partial charge in [-0.05, 0) is 42.5 Å². The fraction of sp³-hybridized carbons (Fsp3) is 0.562. The highest BCUT2D eigenvalue weighted by Crippen LogP contribution is 2.33. The zero-order valence-electron chi connectivity index (χ0n) is 12.5. The van der Waals surface area contributed by atoms with Crippen LogP contribution in [0.15, 0.2) is 18.2 Å². The molecule has 5 heteroatoms. The summed E-state index contributed by atoms with van der Waals surface area (Å²) in [4.78, 5) is 14.4. The number of hydrogen-bond donors (Lipinski definition) is 1. The lowest BCUT2D eigenvalue weighted by Gasteiger charge is -2.35. The Bertz CT molecular complexity index is 499. The number of nitrogens with two attached hydrogens (primary N) is 1. The van der Waals surface area contributed by atoms with Crippen LogP contribution in [0.1, 0.15) is 44.7 Å². The third-order valence-corrected chi connectivity index (χ3v) is 4.21. The third-order valence-electron chi connectivity index (χ3n) is 3.78. The molecule has 0 aliphatic carbocycles. The number of halogens is 2. The first-order chi connectivity index (χ1) is 9.88. The number of amides is 1. The highest BCUT2D eigenvalue weighted by Gasteiger charge is 2.33. The van der Waals surface area contributed by atoms with E-state index in [0.717, 1.165) is 18.4 Å². The van der Waals surface area contributed by atoms with Crippen molar-refractivity contribution in [1.82, 2.24) is 4.90 Å². The molecule has 21 heavy (non-hydrogen) atoms. The third kappa shape index (κ3) is 4.12. The van der Waals surface area contributed by atoms with Gasteiger partial charge < -0.3 is 10.6 Å². The topological polar surface area (TPSA) is 46.3 Å². The minimum atomic E-state index is -0.154. The highest BCUT2D eigenvalue weighted by atomic mass is 35.5. The molecule has 0 saturated carbocycles. The SMILES string of the molecule is CC(C)CN1C(=O)CCCC(N)C1c1cc(Cl)cc(Cl)c1. The Morgan fingerprint density at radius 3 is 2.48 bits per heavy atom. The summed E-state index contributed by atoms with van der Waals surface area (Å²) in [7, 11) is 0. The second-order valence-electron chi connectivity index (χ2n) is 6.14. The van der Waals surface area contributed by atoms with Gasteiger partial charge in [0, 0.05) is 29.1 Å². The quantitative estimate of drug-likeness (QED) is 0.910. The summed E-state index contributed by atoms with van der Waals surface area (Å²) in [6, 6.07) is 5.18. The van der Waals surface area contributed by atoms with Crippen LogP contribution in [0, 0.1) is 5.92 Å². The van der Waals surface area contributed by atoms with Gasteiger partial charge in [0.2, 0.25) is 5.91 Å². The molecule has 0 bridgehead atoms. The molecule has 1 aliphatic heterocycles. The van der Waals surface area contributed by atoms with Crippen molar-refractivity contribution in [3.05, 3.63) is 33.8 Å². The minimum Gasteiger partial charge on any atom is -0.334 e. The highest BCUT2D eigenvalue weighted by molar-refractivity contribution is 6.34. The van der Waals surface area contributed by atoms with Crippen molar-refractivity contribution in [2.24, 2.45) is 11.7 Å². The Hall–Kier alpha value is -0.770. The van der Waals surface area contributed by atoms with E-state index in [1.54, 1.807) is 6.07 Å². The maximum absolute atomic E-state index is 12.5. The normalized spacial score (nSPS) is 23.5. The van der Waals surface area contributed by atoms with Gasteiger partial charge in [-0.25, -0.2) is 0 Å². The van der Waals surface area contributed by atoms with E-state index in [4.69, 9.17) is 28.9 Å². The second-order valence-corrected chi connectivity index (χ2v) is 7.02. The second kappa shape index (κ2) is 6.99. The zero-order chi connectivity index (χ0) is 15.6. The predicted molar refractivity (Wildman–Crippen MR) is 87.6 cm³/mol. The zero-order valence-corrected chi connectivity index (χ0v) is 14.0. The first-order valence-electron chi connectivity index (χ1n) is 7.39. The maximum Gasteiger partial charge on any atom is 0.223 e. The van der Waals surface area contributed by atoms with Crippen LogP contribution in [-0.2, 0) is 4.79 Å².